The highest BCUT2D eigenvalue weighted by atomic mass is 16.3. The van der Waals surface area contributed by atoms with Crippen LogP contribution in [0.25, 0.3) is 0 Å². The lowest BCUT2D eigenvalue weighted by Gasteiger charge is -2.23. The van der Waals surface area contributed by atoms with E-state index in [1.165, 1.54) is 5.56 Å². The van der Waals surface area contributed by atoms with E-state index in [0.717, 1.165) is 30.8 Å². The number of fused-ring (bicyclic) bond motifs is 1. The standard InChI is InChI=1S/C14H17N3O/c1-2-17-13(15-10-16-17)9-14(18)8-7-11-5-3-4-6-12(11)14/h3-6,10,18H,2,7-9H2,1H3. The maximum Gasteiger partial charge on any atom is 0.138 e. The zero-order chi connectivity index (χ0) is 12.6. The summed E-state index contributed by atoms with van der Waals surface area (Å²) in [5.41, 5.74) is 1.52. The summed E-state index contributed by atoms with van der Waals surface area (Å²) in [5, 5.41) is 15.0. The highest BCUT2D eigenvalue weighted by molar-refractivity contribution is 5.37. The van der Waals surface area contributed by atoms with Gasteiger partial charge in [-0.1, -0.05) is 24.3 Å². The van der Waals surface area contributed by atoms with Crippen molar-refractivity contribution in [1.82, 2.24) is 14.8 Å². The van der Waals surface area contributed by atoms with Gasteiger partial charge in [-0.15, -0.1) is 0 Å². The quantitative estimate of drug-likeness (QED) is 0.892. The van der Waals surface area contributed by atoms with E-state index < -0.39 is 5.60 Å². The van der Waals surface area contributed by atoms with Crippen LogP contribution in [0.2, 0.25) is 0 Å². The summed E-state index contributed by atoms with van der Waals surface area (Å²) in [6.07, 6.45) is 3.80. The first-order chi connectivity index (χ1) is 8.73. The van der Waals surface area contributed by atoms with Crippen LogP contribution in [0.4, 0.5) is 0 Å². The molecule has 0 saturated carbocycles. The van der Waals surface area contributed by atoms with Crippen LogP contribution in [0.15, 0.2) is 30.6 Å². The topological polar surface area (TPSA) is 50.9 Å². The van der Waals surface area contributed by atoms with Gasteiger partial charge in [0.1, 0.15) is 12.2 Å². The Labute approximate surface area is 106 Å². The molecule has 0 aliphatic heterocycles. The molecule has 1 aliphatic carbocycles. The zero-order valence-corrected chi connectivity index (χ0v) is 10.5. The SMILES string of the molecule is CCn1ncnc1CC1(O)CCc2ccccc21. The van der Waals surface area contributed by atoms with Crippen LogP contribution in [0.3, 0.4) is 0 Å². The van der Waals surface area contributed by atoms with E-state index in [0.29, 0.717) is 6.42 Å². The lowest BCUT2D eigenvalue weighted by atomic mass is 9.92. The Morgan fingerprint density at radius 2 is 2.22 bits per heavy atom. The molecule has 1 aliphatic rings. The summed E-state index contributed by atoms with van der Waals surface area (Å²) >= 11 is 0. The Kier molecular flexibility index (Phi) is 2.67. The number of benzene rings is 1. The summed E-state index contributed by atoms with van der Waals surface area (Å²) in [6.45, 7) is 2.82. The molecule has 18 heavy (non-hydrogen) atoms. The van der Waals surface area contributed by atoms with Gasteiger partial charge in [0.05, 0.1) is 5.60 Å². The third-order valence-electron chi connectivity index (χ3n) is 3.77. The van der Waals surface area contributed by atoms with Crippen molar-refractivity contribution in [2.75, 3.05) is 0 Å². The molecule has 1 unspecified atom stereocenters. The number of aryl methyl sites for hydroxylation is 2. The van der Waals surface area contributed by atoms with Crippen LogP contribution in [-0.4, -0.2) is 19.9 Å². The van der Waals surface area contributed by atoms with Gasteiger partial charge in [0.15, 0.2) is 0 Å². The average molecular weight is 243 g/mol. The van der Waals surface area contributed by atoms with Crippen molar-refractivity contribution < 1.29 is 5.11 Å². The van der Waals surface area contributed by atoms with Gasteiger partial charge < -0.3 is 5.11 Å². The fraction of sp³-hybridized carbons (Fsp3) is 0.429. The Bertz CT molecular complexity index is 564. The molecule has 0 fully saturated rings. The molecule has 0 saturated heterocycles. The molecule has 0 amide bonds. The lowest BCUT2D eigenvalue weighted by Crippen LogP contribution is -2.27. The van der Waals surface area contributed by atoms with E-state index in [9.17, 15) is 5.11 Å². The number of hydrogen-bond donors (Lipinski definition) is 1. The number of nitrogens with zero attached hydrogens (tertiary/aromatic N) is 3. The molecular weight excluding hydrogens is 226 g/mol. The maximum absolute atomic E-state index is 10.9. The second kappa shape index (κ2) is 4.21. The summed E-state index contributed by atoms with van der Waals surface area (Å²) in [5.74, 6) is 0.858. The van der Waals surface area contributed by atoms with Crippen molar-refractivity contribution in [2.24, 2.45) is 0 Å². The summed E-state index contributed by atoms with van der Waals surface area (Å²) in [7, 11) is 0. The van der Waals surface area contributed by atoms with Gasteiger partial charge in [-0.3, -0.25) is 4.68 Å². The van der Waals surface area contributed by atoms with Crippen LogP contribution in [0.5, 0.6) is 0 Å². The fourth-order valence-electron chi connectivity index (χ4n) is 2.80. The predicted molar refractivity (Wildman–Crippen MR) is 68.1 cm³/mol. The first-order valence-electron chi connectivity index (χ1n) is 6.40. The first kappa shape index (κ1) is 11.4. The van der Waals surface area contributed by atoms with Gasteiger partial charge in [0.2, 0.25) is 0 Å². The fourth-order valence-corrected chi connectivity index (χ4v) is 2.80. The summed E-state index contributed by atoms with van der Waals surface area (Å²) in [4.78, 5) is 4.26. The third kappa shape index (κ3) is 1.73. The number of aromatic nitrogens is 3. The van der Waals surface area contributed by atoms with Crippen LogP contribution >= 0.6 is 0 Å². The normalized spacial score (nSPS) is 22.1. The molecule has 1 aromatic carbocycles. The van der Waals surface area contributed by atoms with Gasteiger partial charge in [0.25, 0.3) is 0 Å². The minimum Gasteiger partial charge on any atom is -0.385 e. The molecular formula is C14H17N3O. The van der Waals surface area contributed by atoms with E-state index in [-0.39, 0.29) is 0 Å². The van der Waals surface area contributed by atoms with Crippen LogP contribution in [-0.2, 0) is 25.0 Å². The Morgan fingerprint density at radius 3 is 3.06 bits per heavy atom. The Hall–Kier alpha value is -1.68. The molecule has 4 heteroatoms. The highest BCUT2D eigenvalue weighted by Gasteiger charge is 2.37. The predicted octanol–water partition coefficient (Wildman–Crippen LogP) is 1.67. The van der Waals surface area contributed by atoms with Gasteiger partial charge in [0, 0.05) is 13.0 Å². The number of aliphatic hydroxyl groups is 1. The molecule has 3 rings (SSSR count). The highest BCUT2D eigenvalue weighted by Crippen LogP contribution is 2.38. The molecule has 0 bridgehead atoms. The molecule has 1 heterocycles. The monoisotopic (exact) mass is 243 g/mol. The summed E-state index contributed by atoms with van der Waals surface area (Å²) < 4.78 is 1.85. The van der Waals surface area contributed by atoms with Gasteiger partial charge >= 0.3 is 0 Å². The zero-order valence-electron chi connectivity index (χ0n) is 10.5. The van der Waals surface area contributed by atoms with Gasteiger partial charge in [-0.05, 0) is 30.9 Å². The molecule has 1 aromatic heterocycles. The van der Waals surface area contributed by atoms with Crippen molar-refractivity contribution in [3.8, 4) is 0 Å². The van der Waals surface area contributed by atoms with Crippen molar-refractivity contribution >= 4 is 0 Å². The maximum atomic E-state index is 10.9. The van der Waals surface area contributed by atoms with E-state index in [1.807, 2.05) is 29.8 Å². The van der Waals surface area contributed by atoms with Crippen LogP contribution < -0.4 is 0 Å². The van der Waals surface area contributed by atoms with Gasteiger partial charge in [-0.25, -0.2) is 4.98 Å². The van der Waals surface area contributed by atoms with E-state index >= 15 is 0 Å². The Morgan fingerprint density at radius 1 is 1.39 bits per heavy atom. The molecule has 0 radical (unpaired) electrons. The largest absolute Gasteiger partial charge is 0.385 e. The smallest absolute Gasteiger partial charge is 0.138 e. The third-order valence-corrected chi connectivity index (χ3v) is 3.77. The van der Waals surface area contributed by atoms with Crippen molar-refractivity contribution in [1.29, 1.82) is 0 Å². The van der Waals surface area contributed by atoms with Gasteiger partial charge in [-0.2, -0.15) is 5.10 Å². The number of rotatable bonds is 3. The van der Waals surface area contributed by atoms with Crippen molar-refractivity contribution in [3.05, 3.63) is 47.5 Å². The van der Waals surface area contributed by atoms with E-state index in [2.05, 4.69) is 16.1 Å². The van der Waals surface area contributed by atoms with Crippen molar-refractivity contribution in [3.63, 3.8) is 0 Å². The minimum absolute atomic E-state index is 0.540. The molecule has 1 atom stereocenters. The van der Waals surface area contributed by atoms with Crippen molar-refractivity contribution in [2.45, 2.75) is 38.3 Å². The molecule has 4 nitrogen and oxygen atoms in total. The molecule has 94 valence electrons. The summed E-state index contributed by atoms with van der Waals surface area (Å²) in [6, 6.07) is 8.13. The second-order valence-corrected chi connectivity index (χ2v) is 4.86. The van der Waals surface area contributed by atoms with E-state index in [1.54, 1.807) is 6.33 Å². The number of hydrogen-bond acceptors (Lipinski definition) is 3. The van der Waals surface area contributed by atoms with E-state index in [4.69, 9.17) is 0 Å². The van der Waals surface area contributed by atoms with Crippen LogP contribution in [0.1, 0.15) is 30.3 Å². The average Bonchev–Trinajstić information content (AvgIpc) is 2.96. The molecule has 2 aromatic rings. The first-order valence-corrected chi connectivity index (χ1v) is 6.40. The minimum atomic E-state index is -0.781. The Balaban J connectivity index is 1.94. The second-order valence-electron chi connectivity index (χ2n) is 4.86. The molecule has 0 spiro atoms. The van der Waals surface area contributed by atoms with Crippen LogP contribution in [0, 0.1) is 0 Å². The molecule has 1 N–H and O–H groups in total. The lowest BCUT2D eigenvalue weighted by molar-refractivity contribution is 0.0358.